The number of halogens is 1. The maximum Gasteiger partial charge on any atom is 0.326 e. The maximum absolute atomic E-state index is 13.4. The van der Waals surface area contributed by atoms with Crippen molar-refractivity contribution in [2.24, 2.45) is 0 Å². The van der Waals surface area contributed by atoms with Crippen LogP contribution in [0.2, 0.25) is 0 Å². The van der Waals surface area contributed by atoms with Gasteiger partial charge in [-0.1, -0.05) is 6.07 Å². The van der Waals surface area contributed by atoms with E-state index in [4.69, 9.17) is 5.11 Å². The van der Waals surface area contributed by atoms with Gasteiger partial charge in [0.2, 0.25) is 0 Å². The Morgan fingerprint density at radius 3 is 2.83 bits per heavy atom. The fourth-order valence-electron chi connectivity index (χ4n) is 2.26. The third kappa shape index (κ3) is 2.08. The molecule has 4 nitrogen and oxygen atoms in total. The minimum absolute atomic E-state index is 0.239. The van der Waals surface area contributed by atoms with Crippen LogP contribution < -0.4 is 0 Å². The first-order valence-corrected chi connectivity index (χ1v) is 5.81. The first-order chi connectivity index (χ1) is 8.52. The summed E-state index contributed by atoms with van der Waals surface area (Å²) in [5.41, 5.74) is 0.502. The Morgan fingerprint density at radius 1 is 1.44 bits per heavy atom. The van der Waals surface area contributed by atoms with Crippen molar-refractivity contribution in [2.45, 2.75) is 25.8 Å². The molecule has 0 saturated carbocycles. The molecule has 2 rings (SSSR count). The molecule has 0 aliphatic carbocycles. The Balaban J connectivity index is 2.31. The van der Waals surface area contributed by atoms with Crippen molar-refractivity contribution in [1.29, 1.82) is 0 Å². The highest BCUT2D eigenvalue weighted by atomic mass is 19.1. The molecule has 1 aromatic carbocycles. The fraction of sp³-hybridized carbons (Fsp3) is 0.385. The third-order valence-electron chi connectivity index (χ3n) is 3.30. The molecule has 1 amide bonds. The zero-order valence-electron chi connectivity index (χ0n) is 10.0. The molecule has 1 heterocycles. The molecule has 1 fully saturated rings. The number of carbonyl (C=O) groups is 2. The highest BCUT2D eigenvalue weighted by molar-refractivity contribution is 5.98. The molecule has 18 heavy (non-hydrogen) atoms. The number of likely N-dealkylation sites (tertiary alicyclic amines) is 1. The summed E-state index contributed by atoms with van der Waals surface area (Å²) in [6.45, 7) is 1.93. The molecule has 0 bridgehead atoms. The van der Waals surface area contributed by atoms with Crippen LogP contribution in [0, 0.1) is 12.7 Å². The second kappa shape index (κ2) is 4.76. The molecule has 0 radical (unpaired) electrons. The zero-order chi connectivity index (χ0) is 13.3. The van der Waals surface area contributed by atoms with Crippen LogP contribution >= 0.6 is 0 Å². The van der Waals surface area contributed by atoms with E-state index < -0.39 is 23.7 Å². The number of amides is 1. The van der Waals surface area contributed by atoms with Crippen molar-refractivity contribution in [2.75, 3.05) is 6.54 Å². The van der Waals surface area contributed by atoms with Crippen LogP contribution in [0.1, 0.15) is 28.8 Å². The van der Waals surface area contributed by atoms with Gasteiger partial charge < -0.3 is 10.0 Å². The van der Waals surface area contributed by atoms with Gasteiger partial charge in [-0.15, -0.1) is 0 Å². The number of hydrogen-bond donors (Lipinski definition) is 1. The van der Waals surface area contributed by atoms with Crippen molar-refractivity contribution in [3.63, 3.8) is 0 Å². The van der Waals surface area contributed by atoms with Gasteiger partial charge in [0.15, 0.2) is 0 Å². The molecule has 1 saturated heterocycles. The van der Waals surface area contributed by atoms with Gasteiger partial charge in [-0.25, -0.2) is 9.18 Å². The first-order valence-electron chi connectivity index (χ1n) is 5.81. The number of carboxylic acids is 1. The van der Waals surface area contributed by atoms with Crippen molar-refractivity contribution in [3.8, 4) is 0 Å². The molecule has 1 aliphatic rings. The van der Waals surface area contributed by atoms with E-state index in [0.717, 1.165) is 0 Å². The summed E-state index contributed by atoms with van der Waals surface area (Å²) >= 11 is 0. The van der Waals surface area contributed by atoms with Crippen LogP contribution in [-0.4, -0.2) is 34.5 Å². The molecule has 0 spiro atoms. The van der Waals surface area contributed by atoms with Gasteiger partial charge in [0.1, 0.15) is 11.9 Å². The Morgan fingerprint density at radius 2 is 2.17 bits per heavy atom. The molecule has 96 valence electrons. The quantitative estimate of drug-likeness (QED) is 0.872. The SMILES string of the molecule is Cc1c(F)cccc1C(=O)N1CCCC1C(=O)O. The second-order valence-corrected chi connectivity index (χ2v) is 4.41. The van der Waals surface area contributed by atoms with Gasteiger partial charge in [0.25, 0.3) is 5.91 Å². The first kappa shape index (κ1) is 12.5. The molecule has 1 N–H and O–H groups in total. The average molecular weight is 251 g/mol. The van der Waals surface area contributed by atoms with E-state index in [0.29, 0.717) is 19.4 Å². The second-order valence-electron chi connectivity index (χ2n) is 4.41. The molecule has 1 aromatic rings. The summed E-state index contributed by atoms with van der Waals surface area (Å²) in [7, 11) is 0. The van der Waals surface area contributed by atoms with Gasteiger partial charge in [0, 0.05) is 12.1 Å². The lowest BCUT2D eigenvalue weighted by molar-refractivity contribution is -0.141. The summed E-state index contributed by atoms with van der Waals surface area (Å²) < 4.78 is 13.4. The van der Waals surface area contributed by atoms with Gasteiger partial charge in [-0.3, -0.25) is 4.79 Å². The molecule has 1 aliphatic heterocycles. The van der Waals surface area contributed by atoms with Gasteiger partial charge >= 0.3 is 5.97 Å². The van der Waals surface area contributed by atoms with E-state index in [1.165, 1.54) is 30.0 Å². The highest BCUT2D eigenvalue weighted by Gasteiger charge is 2.34. The van der Waals surface area contributed by atoms with E-state index in [1.807, 2.05) is 0 Å². The largest absolute Gasteiger partial charge is 0.480 e. The summed E-state index contributed by atoms with van der Waals surface area (Å²) in [6, 6.07) is 3.48. The van der Waals surface area contributed by atoms with Crippen LogP contribution in [-0.2, 0) is 4.79 Å². The van der Waals surface area contributed by atoms with Gasteiger partial charge in [0.05, 0.1) is 0 Å². The lowest BCUT2D eigenvalue weighted by atomic mass is 10.1. The number of carbonyl (C=O) groups excluding carboxylic acids is 1. The summed E-state index contributed by atoms with van der Waals surface area (Å²) in [6.07, 6.45) is 1.12. The van der Waals surface area contributed by atoms with Crippen LogP contribution in [0.4, 0.5) is 4.39 Å². The Labute approximate surface area is 104 Å². The average Bonchev–Trinajstić information content (AvgIpc) is 2.81. The van der Waals surface area contributed by atoms with E-state index in [2.05, 4.69) is 0 Å². The molecule has 0 aromatic heterocycles. The van der Waals surface area contributed by atoms with Crippen molar-refractivity contribution in [1.82, 2.24) is 4.90 Å². The molecule has 5 heteroatoms. The predicted molar refractivity (Wildman–Crippen MR) is 62.8 cm³/mol. The maximum atomic E-state index is 13.4. The van der Waals surface area contributed by atoms with Gasteiger partial charge in [-0.2, -0.15) is 0 Å². The predicted octanol–water partition coefficient (Wildman–Crippen LogP) is 1.82. The summed E-state index contributed by atoms with van der Waals surface area (Å²) in [5.74, 6) is -1.86. The monoisotopic (exact) mass is 251 g/mol. The van der Waals surface area contributed by atoms with Crippen LogP contribution in [0.15, 0.2) is 18.2 Å². The smallest absolute Gasteiger partial charge is 0.326 e. The molecular formula is C13H14FNO3. The van der Waals surface area contributed by atoms with Crippen molar-refractivity contribution in [3.05, 3.63) is 35.1 Å². The molecule has 1 atom stereocenters. The van der Waals surface area contributed by atoms with Crippen molar-refractivity contribution < 1.29 is 19.1 Å². The number of benzene rings is 1. The number of nitrogens with zero attached hydrogens (tertiary/aromatic N) is 1. The third-order valence-corrected chi connectivity index (χ3v) is 3.30. The van der Waals surface area contributed by atoms with Crippen LogP contribution in [0.3, 0.4) is 0 Å². The fourth-order valence-corrected chi connectivity index (χ4v) is 2.26. The van der Waals surface area contributed by atoms with Gasteiger partial charge in [-0.05, 0) is 37.5 Å². The molecule has 1 unspecified atom stereocenters. The minimum atomic E-state index is -1.00. The van der Waals surface area contributed by atoms with E-state index in [-0.39, 0.29) is 11.1 Å². The topological polar surface area (TPSA) is 57.6 Å². The standard InChI is InChI=1S/C13H14FNO3/c1-8-9(4-2-5-10(8)14)12(16)15-7-3-6-11(15)13(17)18/h2,4-5,11H,3,6-7H2,1H3,(H,17,18). The number of rotatable bonds is 2. The zero-order valence-corrected chi connectivity index (χ0v) is 10.0. The van der Waals surface area contributed by atoms with Crippen LogP contribution in [0.5, 0.6) is 0 Å². The van der Waals surface area contributed by atoms with E-state index in [9.17, 15) is 14.0 Å². The lowest BCUT2D eigenvalue weighted by Crippen LogP contribution is -2.40. The Kier molecular flexibility index (Phi) is 3.32. The van der Waals surface area contributed by atoms with Crippen molar-refractivity contribution >= 4 is 11.9 Å². The number of hydrogen-bond acceptors (Lipinski definition) is 2. The number of aliphatic carboxylic acids is 1. The Hall–Kier alpha value is -1.91. The highest BCUT2D eigenvalue weighted by Crippen LogP contribution is 2.22. The van der Waals surface area contributed by atoms with E-state index in [1.54, 1.807) is 0 Å². The number of carboxylic acid groups (broad SMARTS) is 1. The Bertz CT molecular complexity index is 501. The molecular weight excluding hydrogens is 237 g/mol. The van der Waals surface area contributed by atoms with Crippen LogP contribution in [0.25, 0.3) is 0 Å². The summed E-state index contributed by atoms with van der Waals surface area (Å²) in [4.78, 5) is 24.6. The van der Waals surface area contributed by atoms with E-state index >= 15 is 0 Å². The summed E-state index contributed by atoms with van der Waals surface area (Å²) in [5, 5.41) is 9.04. The lowest BCUT2D eigenvalue weighted by Gasteiger charge is -2.22. The minimum Gasteiger partial charge on any atom is -0.480 e. The normalized spacial score (nSPS) is 19.0.